The Kier molecular flexibility index (Phi) is 22.1. The summed E-state index contributed by atoms with van der Waals surface area (Å²) < 4.78 is 1.19. The first-order chi connectivity index (χ1) is 8.44. The second kappa shape index (κ2) is 16.9. The summed E-state index contributed by atoms with van der Waals surface area (Å²) in [4.78, 5) is 4.04. The quantitative estimate of drug-likeness (QED) is 0.388. The largest absolute Gasteiger partial charge is 2.00 e. The Morgan fingerprint density at radius 1 is 0.789 bits per heavy atom. The third kappa shape index (κ3) is 15.1. The fourth-order valence-corrected chi connectivity index (χ4v) is 2.18. The van der Waals surface area contributed by atoms with E-state index in [4.69, 9.17) is 49.7 Å². The van der Waals surface area contributed by atoms with E-state index in [9.17, 15) is 0 Å². The molecule has 0 bridgehead atoms. The van der Waals surface area contributed by atoms with Gasteiger partial charge in [-0.2, -0.15) is 0 Å². The Labute approximate surface area is 153 Å². The van der Waals surface area contributed by atoms with Crippen molar-refractivity contribution >= 4 is 58.3 Å². The third-order valence-corrected chi connectivity index (χ3v) is 3.30. The van der Waals surface area contributed by atoms with Crippen LogP contribution in [-0.2, 0) is 44.7 Å². The summed E-state index contributed by atoms with van der Waals surface area (Å²) in [5.74, 6) is 0. The summed E-state index contributed by atoms with van der Waals surface area (Å²) in [5.41, 5.74) is 0. The molecule has 0 aliphatic rings. The van der Waals surface area contributed by atoms with Crippen molar-refractivity contribution in [3.05, 3.63) is 0 Å². The molecule has 0 rings (SSSR count). The Bertz CT molecular complexity index is 216. The van der Waals surface area contributed by atoms with Crippen molar-refractivity contribution in [1.29, 1.82) is 0 Å². The van der Waals surface area contributed by atoms with Gasteiger partial charge >= 0.3 is 19.5 Å². The summed E-state index contributed by atoms with van der Waals surface area (Å²) in [6, 6.07) is 0. The molecule has 0 aromatic rings. The minimum atomic E-state index is 0. The fraction of sp³-hybridized carbons (Fsp3) is 0.833. The first kappa shape index (κ1) is 24.8. The van der Waals surface area contributed by atoms with Crippen LogP contribution in [0.4, 0.5) is 0 Å². The van der Waals surface area contributed by atoms with Gasteiger partial charge < -0.3 is 59.5 Å². The van der Waals surface area contributed by atoms with Gasteiger partial charge in [-0.3, -0.25) is 0 Å². The van der Waals surface area contributed by atoms with E-state index in [1.807, 2.05) is 9.80 Å². The molecule has 0 unspecified atom stereocenters. The summed E-state index contributed by atoms with van der Waals surface area (Å²) in [6.07, 6.45) is 2.23. The van der Waals surface area contributed by atoms with Gasteiger partial charge in [-0.15, -0.1) is 0 Å². The molecule has 0 spiro atoms. The normalized spacial score (nSPS) is 8.63. The van der Waals surface area contributed by atoms with Crippen molar-refractivity contribution in [1.82, 2.24) is 9.80 Å². The second-order valence-corrected chi connectivity index (χ2v) is 5.75. The SMILES string of the molecule is CCCN(CC)C(=S)[S-].CCCN(CC)C(=S)[S-].[Zn+2]. The average molecular weight is 390 g/mol. The molecular weight excluding hydrogens is 366 g/mol. The maximum Gasteiger partial charge on any atom is 2.00 e. The van der Waals surface area contributed by atoms with E-state index in [1.54, 1.807) is 0 Å². The number of thiocarbonyl (C=S) groups is 2. The molecule has 0 atom stereocenters. The second-order valence-electron chi connectivity index (χ2n) is 3.69. The monoisotopic (exact) mass is 388 g/mol. The molecule has 108 valence electrons. The minimum Gasteiger partial charge on any atom is -0.411 e. The van der Waals surface area contributed by atoms with E-state index < -0.39 is 0 Å². The molecule has 0 heterocycles. The van der Waals surface area contributed by atoms with E-state index in [1.165, 1.54) is 0 Å². The standard InChI is InChI=1S/2C6H13NS2.Zn/c2*1-3-5-7(4-2)6(8)9;/h2*3-5H2,1-2H3,(H,8,9);/q;;+2/p-2. The molecule has 2 nitrogen and oxygen atoms in total. The van der Waals surface area contributed by atoms with E-state index in [0.29, 0.717) is 8.64 Å². The molecular formula is C12H24N2S4Zn. The fourth-order valence-electron chi connectivity index (χ4n) is 1.30. The summed E-state index contributed by atoms with van der Waals surface area (Å²) in [7, 11) is 0. The van der Waals surface area contributed by atoms with Crippen LogP contribution >= 0.6 is 24.4 Å². The van der Waals surface area contributed by atoms with Gasteiger partial charge in [0.1, 0.15) is 0 Å². The van der Waals surface area contributed by atoms with Crippen LogP contribution in [0.3, 0.4) is 0 Å². The Morgan fingerprint density at radius 2 is 1.05 bits per heavy atom. The first-order valence-corrected chi connectivity index (χ1v) is 7.99. The molecule has 19 heavy (non-hydrogen) atoms. The minimum absolute atomic E-state index is 0. The predicted octanol–water partition coefficient (Wildman–Crippen LogP) is 3.10. The zero-order valence-electron chi connectivity index (χ0n) is 12.5. The number of hydrogen-bond donors (Lipinski definition) is 0. The van der Waals surface area contributed by atoms with E-state index in [-0.39, 0.29) is 19.5 Å². The number of rotatable bonds is 6. The Hall–Kier alpha value is 0.843. The predicted molar refractivity (Wildman–Crippen MR) is 95.0 cm³/mol. The van der Waals surface area contributed by atoms with E-state index >= 15 is 0 Å². The van der Waals surface area contributed by atoms with Gasteiger partial charge in [-0.05, 0) is 26.7 Å². The summed E-state index contributed by atoms with van der Waals surface area (Å²) in [5, 5.41) is 0. The van der Waals surface area contributed by atoms with Crippen molar-refractivity contribution in [3.8, 4) is 0 Å². The number of nitrogens with zero attached hydrogens (tertiary/aromatic N) is 2. The maximum atomic E-state index is 4.82. The van der Waals surface area contributed by atoms with Gasteiger partial charge in [-0.25, -0.2) is 0 Å². The van der Waals surface area contributed by atoms with Gasteiger partial charge in [0.25, 0.3) is 0 Å². The van der Waals surface area contributed by atoms with Gasteiger partial charge in [0.05, 0.1) is 0 Å². The van der Waals surface area contributed by atoms with Crippen LogP contribution < -0.4 is 0 Å². The van der Waals surface area contributed by atoms with Crippen LogP contribution in [0, 0.1) is 0 Å². The molecule has 7 heteroatoms. The van der Waals surface area contributed by atoms with Gasteiger partial charge in [0.2, 0.25) is 0 Å². The van der Waals surface area contributed by atoms with Gasteiger partial charge in [0, 0.05) is 26.2 Å². The molecule has 0 aromatic heterocycles. The van der Waals surface area contributed by atoms with E-state index in [2.05, 4.69) is 27.7 Å². The van der Waals surface area contributed by atoms with Crippen LogP contribution in [-0.4, -0.2) is 44.6 Å². The smallest absolute Gasteiger partial charge is 0.411 e. The van der Waals surface area contributed by atoms with Crippen LogP contribution in [0.1, 0.15) is 40.5 Å². The molecule has 0 amide bonds. The van der Waals surface area contributed by atoms with Crippen molar-refractivity contribution in [3.63, 3.8) is 0 Å². The zero-order chi connectivity index (χ0) is 14.6. The molecule has 0 aromatic carbocycles. The molecule has 0 N–H and O–H groups in total. The maximum absolute atomic E-state index is 4.82. The summed E-state index contributed by atoms with van der Waals surface area (Å²) >= 11 is 19.3. The van der Waals surface area contributed by atoms with Crippen molar-refractivity contribution < 1.29 is 19.5 Å². The van der Waals surface area contributed by atoms with E-state index in [0.717, 1.165) is 39.0 Å². The molecule has 0 aliphatic carbocycles. The van der Waals surface area contributed by atoms with Crippen LogP contribution in [0.25, 0.3) is 0 Å². The van der Waals surface area contributed by atoms with Crippen LogP contribution in [0.15, 0.2) is 0 Å². The molecule has 0 aliphatic heterocycles. The van der Waals surface area contributed by atoms with Crippen molar-refractivity contribution in [2.45, 2.75) is 40.5 Å². The van der Waals surface area contributed by atoms with Gasteiger partial charge in [-0.1, -0.05) is 22.5 Å². The van der Waals surface area contributed by atoms with Crippen LogP contribution in [0.5, 0.6) is 0 Å². The molecule has 0 saturated carbocycles. The number of hydrogen-bond acceptors (Lipinski definition) is 4. The molecule has 0 fully saturated rings. The first-order valence-electron chi connectivity index (χ1n) is 6.36. The van der Waals surface area contributed by atoms with Crippen molar-refractivity contribution in [2.75, 3.05) is 26.2 Å². The Morgan fingerprint density at radius 3 is 1.11 bits per heavy atom. The summed E-state index contributed by atoms with van der Waals surface area (Å²) in [6.45, 7) is 12.2. The van der Waals surface area contributed by atoms with Crippen molar-refractivity contribution in [2.24, 2.45) is 0 Å². The zero-order valence-corrected chi connectivity index (χ0v) is 18.7. The van der Waals surface area contributed by atoms with Crippen LogP contribution in [0.2, 0.25) is 0 Å². The van der Waals surface area contributed by atoms with Gasteiger partial charge in [0.15, 0.2) is 0 Å². The Balaban J connectivity index is -0.000000256. The molecule has 0 saturated heterocycles. The third-order valence-electron chi connectivity index (χ3n) is 2.27. The topological polar surface area (TPSA) is 6.48 Å². The average Bonchev–Trinajstić information content (AvgIpc) is 2.32. The molecule has 0 radical (unpaired) electrons.